The lowest BCUT2D eigenvalue weighted by Gasteiger charge is -2.24. The Kier molecular flexibility index (Phi) is 6.83. The smallest absolute Gasteiger partial charge is 0.338 e. The summed E-state index contributed by atoms with van der Waals surface area (Å²) >= 11 is 4.39. The maximum atomic E-state index is 13.8. The maximum Gasteiger partial charge on any atom is 0.338 e. The number of thiazole rings is 1. The summed E-state index contributed by atoms with van der Waals surface area (Å²) in [5.74, 6) is 1.11. The third-order valence-corrected chi connectivity index (χ3v) is 8.03. The highest BCUT2D eigenvalue weighted by molar-refractivity contribution is 9.10. The van der Waals surface area contributed by atoms with Gasteiger partial charge in [-0.1, -0.05) is 33.3 Å². The van der Waals surface area contributed by atoms with E-state index in [4.69, 9.17) is 18.6 Å². The number of fused-ring (bicyclic) bond motifs is 2. The van der Waals surface area contributed by atoms with Crippen LogP contribution in [0.1, 0.15) is 31.2 Å². The minimum Gasteiger partial charge on any atom is -0.463 e. The van der Waals surface area contributed by atoms with E-state index in [-0.39, 0.29) is 30.4 Å². The van der Waals surface area contributed by atoms with Crippen molar-refractivity contribution in [2.24, 2.45) is 4.99 Å². The van der Waals surface area contributed by atoms with E-state index in [1.165, 1.54) is 10.6 Å². The minimum atomic E-state index is -0.820. The maximum absolute atomic E-state index is 13.8. The van der Waals surface area contributed by atoms with Gasteiger partial charge in [-0.3, -0.25) is 19.5 Å². The van der Waals surface area contributed by atoms with Gasteiger partial charge in [-0.15, -0.1) is 0 Å². The van der Waals surface area contributed by atoms with Gasteiger partial charge in [0.1, 0.15) is 11.5 Å². The zero-order chi connectivity index (χ0) is 28.8. The Bertz CT molecular complexity index is 1950. The van der Waals surface area contributed by atoms with Crippen molar-refractivity contribution in [2.75, 3.05) is 13.4 Å². The summed E-state index contributed by atoms with van der Waals surface area (Å²) in [7, 11) is 0. The second-order valence-corrected chi connectivity index (χ2v) is 11.0. The molecule has 0 saturated carbocycles. The van der Waals surface area contributed by atoms with Crippen molar-refractivity contribution in [3.8, 4) is 22.8 Å². The molecule has 13 heteroatoms. The van der Waals surface area contributed by atoms with Gasteiger partial charge < -0.3 is 18.6 Å². The molecule has 0 spiro atoms. The number of carbonyl (C=O) groups excluding carboxylic acids is 1. The molecule has 2 aliphatic rings. The summed E-state index contributed by atoms with van der Waals surface area (Å²) in [5.41, 5.74) is 1.09. The van der Waals surface area contributed by atoms with Crippen molar-refractivity contribution in [3.05, 3.63) is 105 Å². The first-order chi connectivity index (χ1) is 19.7. The van der Waals surface area contributed by atoms with Gasteiger partial charge in [0.2, 0.25) is 6.79 Å². The lowest BCUT2D eigenvalue weighted by atomic mass is 9.95. The van der Waals surface area contributed by atoms with Crippen LogP contribution in [0.5, 0.6) is 11.5 Å². The fourth-order valence-corrected chi connectivity index (χ4v) is 6.13. The lowest BCUT2D eigenvalue weighted by Crippen LogP contribution is -2.39. The predicted molar refractivity (Wildman–Crippen MR) is 151 cm³/mol. The molecule has 0 unspecified atom stereocenters. The number of nitrogens with zero attached hydrogens (tertiary/aromatic N) is 3. The molecule has 208 valence electrons. The predicted octanol–water partition coefficient (Wildman–Crippen LogP) is 4.46. The van der Waals surface area contributed by atoms with Crippen LogP contribution in [0.4, 0.5) is 5.69 Å². The Morgan fingerprint density at radius 3 is 2.80 bits per heavy atom. The van der Waals surface area contributed by atoms with E-state index < -0.39 is 22.5 Å². The average Bonchev–Trinajstić information content (AvgIpc) is 3.67. The SMILES string of the molecule is CCOC(=O)C1=C(C)N=c2s/c(=C\c3ccc(-c4ccc(Br)cc4[N+](=O)[O-])o3)c(=O)n2[C@@H]1c1ccc2c(c1)OCO2. The zero-order valence-electron chi connectivity index (χ0n) is 21.6. The largest absolute Gasteiger partial charge is 0.463 e. The first kappa shape index (κ1) is 26.7. The van der Waals surface area contributed by atoms with E-state index in [2.05, 4.69) is 20.9 Å². The molecule has 2 aromatic heterocycles. The van der Waals surface area contributed by atoms with Gasteiger partial charge in [-0.05, 0) is 55.8 Å². The highest BCUT2D eigenvalue weighted by atomic mass is 79.9. The third kappa shape index (κ3) is 4.76. The highest BCUT2D eigenvalue weighted by Gasteiger charge is 2.34. The number of rotatable bonds is 6. The van der Waals surface area contributed by atoms with Crippen LogP contribution in [0.25, 0.3) is 17.4 Å². The Morgan fingerprint density at radius 2 is 2.02 bits per heavy atom. The molecular weight excluding hydrogens is 618 g/mol. The van der Waals surface area contributed by atoms with Crippen LogP contribution >= 0.6 is 27.3 Å². The molecule has 0 fully saturated rings. The molecule has 4 aromatic rings. The van der Waals surface area contributed by atoms with Crippen LogP contribution in [0.15, 0.2) is 78.5 Å². The van der Waals surface area contributed by atoms with Crippen molar-refractivity contribution < 1.29 is 28.3 Å². The molecule has 0 bridgehead atoms. The molecule has 0 N–H and O–H groups in total. The second kappa shape index (κ2) is 10.5. The van der Waals surface area contributed by atoms with E-state index >= 15 is 0 Å². The molecule has 2 aliphatic heterocycles. The summed E-state index contributed by atoms with van der Waals surface area (Å²) in [6.07, 6.45) is 1.55. The number of aromatic nitrogens is 1. The molecule has 2 aromatic carbocycles. The molecule has 6 rings (SSSR count). The van der Waals surface area contributed by atoms with Crippen molar-refractivity contribution in [1.82, 2.24) is 4.57 Å². The monoisotopic (exact) mass is 637 g/mol. The summed E-state index contributed by atoms with van der Waals surface area (Å²) < 4.78 is 24.5. The number of hydrogen-bond acceptors (Lipinski definition) is 10. The van der Waals surface area contributed by atoms with E-state index in [9.17, 15) is 19.7 Å². The molecule has 0 amide bonds. The van der Waals surface area contributed by atoms with Gasteiger partial charge in [0, 0.05) is 16.6 Å². The summed E-state index contributed by atoms with van der Waals surface area (Å²) in [5, 5.41) is 11.6. The Morgan fingerprint density at radius 1 is 1.22 bits per heavy atom. The van der Waals surface area contributed by atoms with Gasteiger partial charge in [-0.25, -0.2) is 9.79 Å². The van der Waals surface area contributed by atoms with Gasteiger partial charge in [0.15, 0.2) is 16.3 Å². The number of benzene rings is 2. The second-order valence-electron chi connectivity index (χ2n) is 9.04. The standard InChI is InChI=1S/C28H20BrN3O8S/c1-3-37-27(34)24-14(2)30-28-31(25(24)15-4-8-21-22(10-15)39-13-38-21)26(33)23(41-28)12-17-6-9-20(40-17)18-7-5-16(29)11-19(18)32(35)36/h4-12,25H,3,13H2,1-2H3/b23-12-/t25-/m1/s1. The number of ether oxygens (including phenoxy) is 3. The van der Waals surface area contributed by atoms with E-state index in [1.807, 2.05) is 0 Å². The molecule has 41 heavy (non-hydrogen) atoms. The van der Waals surface area contributed by atoms with Gasteiger partial charge in [0.05, 0.1) is 38.9 Å². The quantitative estimate of drug-likeness (QED) is 0.172. The Hall–Kier alpha value is -4.49. The number of nitro groups is 1. The summed E-state index contributed by atoms with van der Waals surface area (Å²) in [6.45, 7) is 3.65. The lowest BCUT2D eigenvalue weighted by molar-refractivity contribution is -0.384. The Labute approximate surface area is 243 Å². The number of esters is 1. The van der Waals surface area contributed by atoms with Crippen molar-refractivity contribution in [3.63, 3.8) is 0 Å². The first-order valence-corrected chi connectivity index (χ1v) is 14.0. The van der Waals surface area contributed by atoms with Gasteiger partial charge >= 0.3 is 5.97 Å². The Balaban J connectivity index is 1.47. The fourth-order valence-electron chi connectivity index (χ4n) is 4.76. The van der Waals surface area contributed by atoms with Crippen molar-refractivity contribution in [2.45, 2.75) is 19.9 Å². The topological polar surface area (TPSA) is 135 Å². The van der Waals surface area contributed by atoms with Crippen LogP contribution in [0, 0.1) is 10.1 Å². The molecule has 11 nitrogen and oxygen atoms in total. The van der Waals surface area contributed by atoms with E-state index in [1.54, 1.807) is 62.4 Å². The van der Waals surface area contributed by atoms with E-state index in [0.29, 0.717) is 47.9 Å². The number of halogens is 1. The third-order valence-electron chi connectivity index (χ3n) is 6.55. The summed E-state index contributed by atoms with van der Waals surface area (Å²) in [4.78, 5) is 43.0. The molecule has 0 radical (unpaired) electrons. The minimum absolute atomic E-state index is 0.0791. The highest BCUT2D eigenvalue weighted by Crippen LogP contribution is 2.38. The van der Waals surface area contributed by atoms with Crippen LogP contribution in [-0.4, -0.2) is 28.9 Å². The number of furan rings is 1. The number of allylic oxidation sites excluding steroid dienone is 1. The molecular formula is C28H20BrN3O8S. The van der Waals surface area contributed by atoms with Crippen molar-refractivity contribution >= 4 is 45.0 Å². The number of carbonyl (C=O) groups is 1. The molecule has 1 atom stereocenters. The van der Waals surface area contributed by atoms with Crippen LogP contribution in [0.2, 0.25) is 0 Å². The first-order valence-electron chi connectivity index (χ1n) is 12.4. The van der Waals surface area contributed by atoms with Crippen molar-refractivity contribution in [1.29, 1.82) is 0 Å². The normalized spacial score (nSPS) is 16.0. The van der Waals surface area contributed by atoms with Crippen LogP contribution in [-0.2, 0) is 9.53 Å². The van der Waals surface area contributed by atoms with Crippen LogP contribution in [0.3, 0.4) is 0 Å². The zero-order valence-corrected chi connectivity index (χ0v) is 24.0. The number of hydrogen-bond donors (Lipinski definition) is 0. The number of nitro benzene ring substituents is 1. The molecule has 4 heterocycles. The molecule has 0 saturated heterocycles. The van der Waals surface area contributed by atoms with Gasteiger partial charge in [0.25, 0.3) is 11.2 Å². The molecule has 0 aliphatic carbocycles. The summed E-state index contributed by atoms with van der Waals surface area (Å²) in [6, 6.07) is 12.3. The fraction of sp³-hybridized carbons (Fsp3) is 0.179. The van der Waals surface area contributed by atoms with E-state index in [0.717, 1.165) is 11.3 Å². The van der Waals surface area contributed by atoms with Crippen LogP contribution < -0.4 is 24.4 Å². The van der Waals surface area contributed by atoms with Gasteiger partial charge in [-0.2, -0.15) is 0 Å². The average molecular weight is 638 g/mol.